The van der Waals surface area contributed by atoms with Gasteiger partial charge in [0.25, 0.3) is 5.91 Å². The minimum absolute atomic E-state index is 0.0652. The van der Waals surface area contributed by atoms with Gasteiger partial charge in [-0.1, -0.05) is 12.1 Å². The number of benzene rings is 1. The molecule has 0 spiro atoms. The van der Waals surface area contributed by atoms with Crippen LogP contribution in [0.2, 0.25) is 0 Å². The molecule has 0 atom stereocenters. The highest BCUT2D eigenvalue weighted by molar-refractivity contribution is 6.06. The first-order valence-corrected chi connectivity index (χ1v) is 8.22. The van der Waals surface area contributed by atoms with Gasteiger partial charge in [-0.25, -0.2) is 0 Å². The van der Waals surface area contributed by atoms with Crippen LogP contribution in [0.1, 0.15) is 40.9 Å². The lowest BCUT2D eigenvalue weighted by molar-refractivity contribution is -0.127. The Morgan fingerprint density at radius 3 is 2.91 bits per heavy atom. The first-order valence-electron chi connectivity index (χ1n) is 8.22. The molecule has 5 heteroatoms. The lowest BCUT2D eigenvalue weighted by Crippen LogP contribution is -2.30. The Hall–Kier alpha value is -2.30. The van der Waals surface area contributed by atoms with E-state index in [0.29, 0.717) is 18.5 Å². The third kappa shape index (κ3) is 3.09. The van der Waals surface area contributed by atoms with Gasteiger partial charge in [-0.2, -0.15) is 0 Å². The summed E-state index contributed by atoms with van der Waals surface area (Å²) in [6.07, 6.45) is 2.41. The largest absolute Gasteiger partial charge is 0.358 e. The van der Waals surface area contributed by atoms with Crippen molar-refractivity contribution in [2.75, 3.05) is 19.6 Å². The molecular weight excluding hydrogens is 290 g/mol. The number of nitrogens with zero attached hydrogens (tertiary/aromatic N) is 1. The van der Waals surface area contributed by atoms with Crippen molar-refractivity contribution >= 4 is 22.7 Å². The van der Waals surface area contributed by atoms with E-state index in [1.165, 1.54) is 5.56 Å². The van der Waals surface area contributed by atoms with Crippen LogP contribution < -0.4 is 5.32 Å². The molecule has 3 rings (SSSR count). The van der Waals surface area contributed by atoms with E-state index in [1.54, 1.807) is 0 Å². The second kappa shape index (κ2) is 6.44. The number of aryl methyl sites for hydroxylation is 2. The zero-order valence-electron chi connectivity index (χ0n) is 13.7. The number of para-hydroxylation sites is 1. The van der Waals surface area contributed by atoms with E-state index in [2.05, 4.69) is 17.2 Å². The van der Waals surface area contributed by atoms with Crippen LogP contribution in [0.5, 0.6) is 0 Å². The first kappa shape index (κ1) is 15.6. The Bertz CT molecular complexity index is 748. The zero-order chi connectivity index (χ0) is 16.4. The van der Waals surface area contributed by atoms with Crippen molar-refractivity contribution in [1.29, 1.82) is 0 Å². The summed E-state index contributed by atoms with van der Waals surface area (Å²) in [5, 5.41) is 4.06. The minimum atomic E-state index is -0.0652. The van der Waals surface area contributed by atoms with E-state index in [4.69, 9.17) is 0 Å². The molecule has 1 aromatic carbocycles. The quantitative estimate of drug-likeness (QED) is 0.833. The van der Waals surface area contributed by atoms with Crippen molar-refractivity contribution in [1.82, 2.24) is 15.2 Å². The molecule has 1 aromatic heterocycles. The lowest BCUT2D eigenvalue weighted by Gasteiger charge is -2.15. The summed E-state index contributed by atoms with van der Waals surface area (Å²) < 4.78 is 0. The van der Waals surface area contributed by atoms with Gasteiger partial charge in [0.05, 0.1) is 11.1 Å². The summed E-state index contributed by atoms with van der Waals surface area (Å²) in [4.78, 5) is 29.1. The molecule has 23 heavy (non-hydrogen) atoms. The molecule has 0 unspecified atom stereocenters. The summed E-state index contributed by atoms with van der Waals surface area (Å²) in [6, 6.07) is 5.79. The normalized spacial score (nSPS) is 14.7. The number of likely N-dealkylation sites (tertiary alicyclic amines) is 1. The fourth-order valence-corrected chi connectivity index (χ4v) is 3.18. The number of rotatable bonds is 5. The summed E-state index contributed by atoms with van der Waals surface area (Å²) in [5.41, 5.74) is 3.85. The lowest BCUT2D eigenvalue weighted by atomic mass is 10.1. The van der Waals surface area contributed by atoms with Crippen LogP contribution >= 0.6 is 0 Å². The second-order valence-corrected chi connectivity index (χ2v) is 6.20. The van der Waals surface area contributed by atoms with Crippen LogP contribution in [0.4, 0.5) is 0 Å². The monoisotopic (exact) mass is 313 g/mol. The zero-order valence-corrected chi connectivity index (χ0v) is 13.7. The van der Waals surface area contributed by atoms with Gasteiger partial charge in [0.1, 0.15) is 0 Å². The first-order chi connectivity index (χ1) is 11.1. The summed E-state index contributed by atoms with van der Waals surface area (Å²) >= 11 is 0. The smallest absolute Gasteiger partial charge is 0.253 e. The van der Waals surface area contributed by atoms with E-state index in [0.717, 1.165) is 42.5 Å². The third-order valence-corrected chi connectivity index (χ3v) is 4.65. The van der Waals surface area contributed by atoms with E-state index in [1.807, 2.05) is 30.0 Å². The van der Waals surface area contributed by atoms with E-state index < -0.39 is 0 Å². The van der Waals surface area contributed by atoms with Crippen molar-refractivity contribution in [3.8, 4) is 0 Å². The SMILES string of the molecule is Cc1[nH]c2c(C(=O)NCCCN3CCCC3=O)cccc2c1C. The Kier molecular flexibility index (Phi) is 4.37. The molecule has 0 bridgehead atoms. The summed E-state index contributed by atoms with van der Waals surface area (Å²) in [7, 11) is 0. The van der Waals surface area contributed by atoms with Gasteiger partial charge >= 0.3 is 0 Å². The number of hydrogen-bond donors (Lipinski definition) is 2. The summed E-state index contributed by atoms with van der Waals surface area (Å²) in [6.45, 7) is 6.24. The maximum absolute atomic E-state index is 12.4. The molecular formula is C18H23N3O2. The number of nitrogens with one attached hydrogen (secondary N) is 2. The molecule has 1 fully saturated rings. The van der Waals surface area contributed by atoms with Gasteiger partial charge in [0.15, 0.2) is 0 Å². The highest BCUT2D eigenvalue weighted by atomic mass is 16.2. The van der Waals surface area contributed by atoms with Crippen molar-refractivity contribution in [3.63, 3.8) is 0 Å². The van der Waals surface area contributed by atoms with E-state index in [-0.39, 0.29) is 11.8 Å². The number of aromatic amines is 1. The maximum Gasteiger partial charge on any atom is 0.253 e. The van der Waals surface area contributed by atoms with E-state index >= 15 is 0 Å². The molecule has 5 nitrogen and oxygen atoms in total. The van der Waals surface area contributed by atoms with Crippen LogP contribution in [0.3, 0.4) is 0 Å². The van der Waals surface area contributed by atoms with Gasteiger partial charge in [0.2, 0.25) is 5.91 Å². The van der Waals surface area contributed by atoms with Crippen molar-refractivity contribution in [2.24, 2.45) is 0 Å². The number of carbonyl (C=O) groups excluding carboxylic acids is 2. The molecule has 0 aliphatic carbocycles. The van der Waals surface area contributed by atoms with E-state index in [9.17, 15) is 9.59 Å². The Morgan fingerprint density at radius 2 is 2.17 bits per heavy atom. The Morgan fingerprint density at radius 1 is 1.35 bits per heavy atom. The van der Waals surface area contributed by atoms with Crippen LogP contribution in [0, 0.1) is 13.8 Å². The average molecular weight is 313 g/mol. The maximum atomic E-state index is 12.4. The fraction of sp³-hybridized carbons (Fsp3) is 0.444. The number of aromatic nitrogens is 1. The molecule has 0 saturated carbocycles. The van der Waals surface area contributed by atoms with Gasteiger partial charge in [-0.3, -0.25) is 9.59 Å². The third-order valence-electron chi connectivity index (χ3n) is 4.65. The average Bonchev–Trinajstić information content (AvgIpc) is 3.07. The number of amides is 2. The number of hydrogen-bond acceptors (Lipinski definition) is 2. The molecule has 1 aliphatic rings. The predicted octanol–water partition coefficient (Wildman–Crippen LogP) is 2.53. The Balaban J connectivity index is 1.60. The highest BCUT2D eigenvalue weighted by Crippen LogP contribution is 2.24. The van der Waals surface area contributed by atoms with Crippen LogP contribution in [0.25, 0.3) is 10.9 Å². The second-order valence-electron chi connectivity index (χ2n) is 6.20. The van der Waals surface area contributed by atoms with Crippen LogP contribution in [-0.2, 0) is 4.79 Å². The highest BCUT2D eigenvalue weighted by Gasteiger charge is 2.19. The predicted molar refractivity (Wildman–Crippen MR) is 90.5 cm³/mol. The van der Waals surface area contributed by atoms with Crippen molar-refractivity contribution < 1.29 is 9.59 Å². The van der Waals surface area contributed by atoms with Crippen molar-refractivity contribution in [2.45, 2.75) is 33.1 Å². The van der Waals surface area contributed by atoms with Crippen LogP contribution in [-0.4, -0.2) is 41.3 Å². The van der Waals surface area contributed by atoms with Gasteiger partial charge in [0, 0.05) is 37.1 Å². The van der Waals surface area contributed by atoms with Gasteiger partial charge in [-0.15, -0.1) is 0 Å². The van der Waals surface area contributed by atoms with Crippen LogP contribution in [0.15, 0.2) is 18.2 Å². The molecule has 2 aromatic rings. The molecule has 122 valence electrons. The molecule has 1 aliphatic heterocycles. The number of carbonyl (C=O) groups is 2. The van der Waals surface area contributed by atoms with Gasteiger partial charge < -0.3 is 15.2 Å². The van der Waals surface area contributed by atoms with Crippen molar-refractivity contribution in [3.05, 3.63) is 35.0 Å². The standard InChI is InChI=1S/C18H23N3O2/c1-12-13(2)20-17-14(12)6-3-7-15(17)18(23)19-9-5-11-21-10-4-8-16(21)22/h3,6-7,20H,4-5,8-11H2,1-2H3,(H,19,23). The summed E-state index contributed by atoms with van der Waals surface area (Å²) in [5.74, 6) is 0.169. The molecule has 1 saturated heterocycles. The molecule has 2 N–H and O–H groups in total. The Labute approximate surface area is 136 Å². The fourth-order valence-electron chi connectivity index (χ4n) is 3.18. The molecule has 2 amide bonds. The number of H-pyrrole nitrogens is 1. The molecule has 2 heterocycles. The number of fused-ring (bicyclic) bond motifs is 1. The topological polar surface area (TPSA) is 65.2 Å². The molecule has 0 radical (unpaired) electrons. The minimum Gasteiger partial charge on any atom is -0.358 e. The van der Waals surface area contributed by atoms with Gasteiger partial charge in [-0.05, 0) is 38.3 Å².